The van der Waals surface area contributed by atoms with Crippen LogP contribution in [0.1, 0.15) is 47.8 Å². The molecule has 0 heterocycles. The van der Waals surface area contributed by atoms with Gasteiger partial charge in [-0.05, 0) is 31.9 Å². The Bertz CT molecular complexity index is 487. The van der Waals surface area contributed by atoms with E-state index in [9.17, 15) is 9.59 Å². The van der Waals surface area contributed by atoms with Crippen LogP contribution >= 0.6 is 0 Å². The lowest BCUT2D eigenvalue weighted by atomic mass is 9.94. The van der Waals surface area contributed by atoms with E-state index in [2.05, 4.69) is 5.32 Å². The summed E-state index contributed by atoms with van der Waals surface area (Å²) < 4.78 is 0. The van der Waals surface area contributed by atoms with Crippen molar-refractivity contribution in [3.05, 3.63) is 34.4 Å². The Morgan fingerprint density at radius 1 is 1.05 bits per heavy atom. The van der Waals surface area contributed by atoms with E-state index >= 15 is 0 Å². The average molecular weight is 261 g/mol. The first kappa shape index (κ1) is 15.4. The van der Waals surface area contributed by atoms with Crippen LogP contribution in [0.2, 0.25) is 0 Å². The summed E-state index contributed by atoms with van der Waals surface area (Å²) in [6, 6.07) is 3.98. The van der Waals surface area contributed by atoms with Crippen molar-refractivity contribution in [1.82, 2.24) is 5.32 Å². The van der Waals surface area contributed by atoms with Gasteiger partial charge >= 0.3 is 0 Å². The summed E-state index contributed by atoms with van der Waals surface area (Å²) in [6.07, 6.45) is 0. The summed E-state index contributed by atoms with van der Waals surface area (Å²) in [5, 5.41) is 2.70. The van der Waals surface area contributed by atoms with E-state index in [0.717, 1.165) is 22.3 Å². The number of rotatable bonds is 3. The van der Waals surface area contributed by atoms with E-state index in [4.69, 9.17) is 0 Å². The Balaban J connectivity index is 2.83. The van der Waals surface area contributed by atoms with Gasteiger partial charge in [0.05, 0.1) is 6.54 Å². The van der Waals surface area contributed by atoms with Gasteiger partial charge in [-0.15, -0.1) is 0 Å². The number of benzene rings is 1. The molecule has 1 aromatic carbocycles. The van der Waals surface area contributed by atoms with Crippen LogP contribution < -0.4 is 5.32 Å². The minimum absolute atomic E-state index is 0.0346. The van der Waals surface area contributed by atoms with Gasteiger partial charge in [0.25, 0.3) is 0 Å². The zero-order chi connectivity index (χ0) is 14.8. The monoisotopic (exact) mass is 261 g/mol. The van der Waals surface area contributed by atoms with E-state index < -0.39 is 5.41 Å². The van der Waals surface area contributed by atoms with Gasteiger partial charge in [-0.3, -0.25) is 9.59 Å². The van der Waals surface area contributed by atoms with Gasteiger partial charge in [0.15, 0.2) is 5.78 Å². The van der Waals surface area contributed by atoms with Gasteiger partial charge in [0.2, 0.25) is 5.91 Å². The van der Waals surface area contributed by atoms with Crippen molar-refractivity contribution in [2.75, 3.05) is 6.54 Å². The molecule has 0 aliphatic rings. The molecule has 0 aromatic heterocycles. The number of carbonyl (C=O) groups excluding carboxylic acids is 2. The molecule has 1 rings (SSSR count). The summed E-state index contributed by atoms with van der Waals surface area (Å²) >= 11 is 0. The first-order valence-corrected chi connectivity index (χ1v) is 6.52. The number of amides is 1. The molecule has 0 atom stereocenters. The van der Waals surface area contributed by atoms with Gasteiger partial charge in [0, 0.05) is 11.0 Å². The molecular weight excluding hydrogens is 238 g/mol. The first-order valence-electron chi connectivity index (χ1n) is 6.52. The number of carbonyl (C=O) groups is 2. The van der Waals surface area contributed by atoms with Crippen LogP contribution in [0.4, 0.5) is 0 Å². The summed E-state index contributed by atoms with van der Waals surface area (Å²) in [5.74, 6) is -0.143. The Hall–Kier alpha value is -1.64. The van der Waals surface area contributed by atoms with Crippen molar-refractivity contribution in [2.45, 2.75) is 41.5 Å². The highest BCUT2D eigenvalue weighted by atomic mass is 16.2. The largest absolute Gasteiger partial charge is 0.348 e. The van der Waals surface area contributed by atoms with Crippen molar-refractivity contribution in [3.63, 3.8) is 0 Å². The van der Waals surface area contributed by atoms with Crippen LogP contribution in [0.5, 0.6) is 0 Å². The highest BCUT2D eigenvalue weighted by Gasteiger charge is 2.22. The standard InChI is InChI=1S/C16H23NO2/c1-10-7-11(2)14(12(3)8-10)13(18)9-17-15(19)16(4,5)6/h7-8H,9H2,1-6H3,(H,17,19). The lowest BCUT2D eigenvalue weighted by molar-refractivity contribution is -0.128. The van der Waals surface area contributed by atoms with Crippen molar-refractivity contribution < 1.29 is 9.59 Å². The second-order valence-corrected chi connectivity index (χ2v) is 6.13. The predicted molar refractivity (Wildman–Crippen MR) is 77.4 cm³/mol. The molecule has 1 amide bonds. The maximum Gasteiger partial charge on any atom is 0.225 e. The minimum Gasteiger partial charge on any atom is -0.348 e. The molecule has 0 bridgehead atoms. The third kappa shape index (κ3) is 3.91. The first-order chi connectivity index (χ1) is 8.62. The maximum absolute atomic E-state index is 12.2. The maximum atomic E-state index is 12.2. The number of nitrogens with one attached hydrogen (secondary N) is 1. The van der Waals surface area contributed by atoms with Gasteiger partial charge in [0.1, 0.15) is 0 Å². The lowest BCUT2D eigenvalue weighted by Crippen LogP contribution is -2.38. The van der Waals surface area contributed by atoms with E-state index in [1.54, 1.807) is 0 Å². The van der Waals surface area contributed by atoms with Crippen LogP contribution in [0.15, 0.2) is 12.1 Å². The third-order valence-corrected chi connectivity index (χ3v) is 3.05. The molecule has 0 saturated carbocycles. The molecule has 0 radical (unpaired) electrons. The molecule has 1 N–H and O–H groups in total. The van der Waals surface area contributed by atoms with Crippen molar-refractivity contribution in [3.8, 4) is 0 Å². The molecular formula is C16H23NO2. The normalized spacial score (nSPS) is 11.3. The zero-order valence-electron chi connectivity index (χ0n) is 12.7. The third-order valence-electron chi connectivity index (χ3n) is 3.05. The Morgan fingerprint density at radius 2 is 1.53 bits per heavy atom. The summed E-state index contributed by atoms with van der Waals surface area (Å²) in [4.78, 5) is 24.0. The van der Waals surface area contributed by atoms with E-state index in [1.165, 1.54) is 0 Å². The van der Waals surface area contributed by atoms with Crippen molar-refractivity contribution in [2.24, 2.45) is 5.41 Å². The topological polar surface area (TPSA) is 46.2 Å². The van der Waals surface area contributed by atoms with Crippen molar-refractivity contribution >= 4 is 11.7 Å². The molecule has 0 aliphatic carbocycles. The molecule has 104 valence electrons. The minimum atomic E-state index is -0.475. The predicted octanol–water partition coefficient (Wildman–Crippen LogP) is 2.96. The fraction of sp³-hybridized carbons (Fsp3) is 0.500. The highest BCUT2D eigenvalue weighted by Crippen LogP contribution is 2.17. The number of ketones is 1. The molecule has 0 fully saturated rings. The van der Waals surface area contributed by atoms with Gasteiger partial charge < -0.3 is 5.32 Å². The second-order valence-electron chi connectivity index (χ2n) is 6.13. The smallest absolute Gasteiger partial charge is 0.225 e. The van der Waals surface area contributed by atoms with Gasteiger partial charge in [-0.2, -0.15) is 0 Å². The van der Waals surface area contributed by atoms with Gasteiger partial charge in [-0.1, -0.05) is 38.5 Å². The molecule has 0 spiro atoms. The molecule has 19 heavy (non-hydrogen) atoms. The summed E-state index contributed by atoms with van der Waals surface area (Å²) in [6.45, 7) is 11.4. The van der Waals surface area contributed by atoms with Crippen molar-refractivity contribution in [1.29, 1.82) is 0 Å². The van der Waals surface area contributed by atoms with Gasteiger partial charge in [-0.25, -0.2) is 0 Å². The Labute approximate surface area is 115 Å². The highest BCUT2D eigenvalue weighted by molar-refractivity contribution is 6.02. The molecule has 1 aromatic rings. The van der Waals surface area contributed by atoms with E-state index in [-0.39, 0.29) is 18.2 Å². The Kier molecular flexibility index (Phi) is 4.51. The quantitative estimate of drug-likeness (QED) is 0.850. The summed E-state index contributed by atoms with van der Waals surface area (Å²) in [7, 11) is 0. The van der Waals surface area contributed by atoms with Crippen LogP contribution in [0, 0.1) is 26.2 Å². The lowest BCUT2D eigenvalue weighted by Gasteiger charge is -2.18. The fourth-order valence-electron chi connectivity index (χ4n) is 2.13. The van der Waals surface area contributed by atoms with Crippen LogP contribution in [0.3, 0.4) is 0 Å². The average Bonchev–Trinajstić information content (AvgIpc) is 2.22. The summed E-state index contributed by atoms with van der Waals surface area (Å²) in [5.41, 5.74) is 3.32. The van der Waals surface area contributed by atoms with E-state index in [1.807, 2.05) is 53.7 Å². The number of hydrogen-bond acceptors (Lipinski definition) is 2. The SMILES string of the molecule is Cc1cc(C)c(C(=O)CNC(=O)C(C)(C)C)c(C)c1. The molecule has 3 nitrogen and oxygen atoms in total. The molecule has 3 heteroatoms. The van der Waals surface area contributed by atoms with Crippen LogP contribution in [-0.4, -0.2) is 18.2 Å². The Morgan fingerprint density at radius 3 is 1.95 bits per heavy atom. The molecule has 0 unspecified atom stereocenters. The molecule has 0 saturated heterocycles. The fourth-order valence-corrected chi connectivity index (χ4v) is 2.13. The van der Waals surface area contributed by atoms with Crippen LogP contribution in [0.25, 0.3) is 0 Å². The number of aryl methyl sites for hydroxylation is 3. The van der Waals surface area contributed by atoms with E-state index in [0.29, 0.717) is 0 Å². The number of Topliss-reactive ketones (excluding diaryl/α,β-unsaturated/α-hetero) is 1. The zero-order valence-corrected chi connectivity index (χ0v) is 12.7. The second kappa shape index (κ2) is 5.55. The number of hydrogen-bond donors (Lipinski definition) is 1. The molecule has 0 aliphatic heterocycles. The van der Waals surface area contributed by atoms with Crippen LogP contribution in [-0.2, 0) is 4.79 Å².